The Bertz CT molecular complexity index is 1260. The van der Waals surface area contributed by atoms with E-state index in [1.807, 2.05) is 27.7 Å². The number of esters is 1. The van der Waals surface area contributed by atoms with Gasteiger partial charge in [0, 0.05) is 24.2 Å². The summed E-state index contributed by atoms with van der Waals surface area (Å²) >= 11 is 0. The summed E-state index contributed by atoms with van der Waals surface area (Å²) in [4.78, 5) is 12.1. The molecule has 0 bridgehead atoms. The summed E-state index contributed by atoms with van der Waals surface area (Å²) < 4.78 is 43.6. The van der Waals surface area contributed by atoms with Gasteiger partial charge < -0.3 is 53.6 Å². The average molecular weight is 667 g/mol. The number of rotatable bonds is 4. The molecule has 1 spiro atoms. The van der Waals surface area contributed by atoms with E-state index in [1.54, 1.807) is 6.92 Å². The van der Waals surface area contributed by atoms with Gasteiger partial charge in [0.05, 0.1) is 61.2 Å². The largest absolute Gasteiger partial charge is 0.465 e. The highest BCUT2D eigenvalue weighted by atomic mass is 16.8. The second-order valence-corrected chi connectivity index (χ2v) is 17.2. The molecule has 15 atom stereocenters. The van der Waals surface area contributed by atoms with Crippen molar-refractivity contribution in [2.75, 3.05) is 19.8 Å². The van der Waals surface area contributed by atoms with E-state index >= 15 is 0 Å². The van der Waals surface area contributed by atoms with E-state index in [2.05, 4.69) is 0 Å². The van der Waals surface area contributed by atoms with Crippen LogP contribution in [0.1, 0.15) is 92.4 Å². The number of carbonyl (C=O) groups excluding carboxylic acids is 1. The van der Waals surface area contributed by atoms with Crippen molar-refractivity contribution in [1.29, 1.82) is 0 Å². The average Bonchev–Trinajstić information content (AvgIpc) is 3.66. The van der Waals surface area contributed by atoms with Crippen molar-refractivity contribution in [3.05, 3.63) is 0 Å². The molecule has 12 heteroatoms. The first kappa shape index (κ1) is 33.2. The van der Waals surface area contributed by atoms with Gasteiger partial charge in [-0.25, -0.2) is 0 Å². The van der Waals surface area contributed by atoms with Crippen LogP contribution in [0, 0.1) is 34.5 Å². The molecule has 0 radical (unpaired) electrons. The maximum absolute atomic E-state index is 12.9. The van der Waals surface area contributed by atoms with Gasteiger partial charge in [0.15, 0.2) is 17.9 Å². The molecular weight excluding hydrogens is 612 g/mol. The Kier molecular flexibility index (Phi) is 7.63. The standard InChI is InChI=1S/C35H54O12/c1-18-26(38)27-28(47-31(4,5)46-27)29(43-18)44-20-13-24-34(17-42-30(2,3)45-24)22-6-9-32(16-36)21(19-12-25(37)41-15-19)8-11-35(32,40)23(22)7-10-33(34,39)14-20/h18-24,26-29,36,38-40H,6-17H2,1-5H3/t18-,19+,20+,21+,22+,23-,24-,26-,27+,28+,29-,32+,33+,34+,35+/m1/s1. The predicted molar refractivity (Wildman–Crippen MR) is 162 cm³/mol. The van der Waals surface area contributed by atoms with E-state index in [0.29, 0.717) is 64.6 Å². The fourth-order valence-corrected chi connectivity index (χ4v) is 12.2. The van der Waals surface area contributed by atoms with Gasteiger partial charge in [0.1, 0.15) is 18.3 Å². The zero-order chi connectivity index (χ0) is 33.4. The molecule has 266 valence electrons. The summed E-state index contributed by atoms with van der Waals surface area (Å²) in [5.41, 5.74) is -3.86. The van der Waals surface area contributed by atoms with E-state index in [0.717, 1.165) is 6.42 Å². The van der Waals surface area contributed by atoms with Crippen LogP contribution in [-0.2, 0) is 38.0 Å². The van der Waals surface area contributed by atoms with E-state index in [9.17, 15) is 25.2 Å². The number of aliphatic hydroxyl groups is 4. The highest BCUT2D eigenvalue weighted by molar-refractivity contribution is 5.71. The van der Waals surface area contributed by atoms with Crippen molar-refractivity contribution in [3.8, 4) is 0 Å². The zero-order valence-corrected chi connectivity index (χ0v) is 28.4. The van der Waals surface area contributed by atoms with Gasteiger partial charge in [-0.05, 0) is 90.9 Å². The minimum atomic E-state index is -1.21. The van der Waals surface area contributed by atoms with Crippen LogP contribution in [0.15, 0.2) is 0 Å². The molecule has 0 aromatic heterocycles. The number of cyclic esters (lactones) is 1. The number of carbonyl (C=O) groups is 1. The molecule has 4 N–H and O–H groups in total. The van der Waals surface area contributed by atoms with Crippen LogP contribution in [0.25, 0.3) is 0 Å². The first-order valence-electron chi connectivity index (χ1n) is 17.9. The van der Waals surface area contributed by atoms with Gasteiger partial charge in [-0.15, -0.1) is 0 Å². The molecule has 47 heavy (non-hydrogen) atoms. The van der Waals surface area contributed by atoms with Gasteiger partial charge in [0.25, 0.3) is 0 Å². The lowest BCUT2D eigenvalue weighted by atomic mass is 9.40. The summed E-state index contributed by atoms with van der Waals surface area (Å²) in [6, 6.07) is 0. The molecule has 0 aromatic rings. The molecule has 4 aliphatic heterocycles. The van der Waals surface area contributed by atoms with Gasteiger partial charge in [-0.1, -0.05) is 0 Å². The lowest BCUT2D eigenvalue weighted by molar-refractivity contribution is -0.401. The second-order valence-electron chi connectivity index (χ2n) is 17.2. The number of aliphatic hydroxyl groups excluding tert-OH is 2. The molecule has 8 rings (SSSR count). The van der Waals surface area contributed by atoms with E-state index in [-0.39, 0.29) is 36.2 Å². The molecule has 4 saturated carbocycles. The van der Waals surface area contributed by atoms with E-state index in [4.69, 9.17) is 33.2 Å². The Hall–Kier alpha value is -0.930. The van der Waals surface area contributed by atoms with E-state index in [1.165, 1.54) is 0 Å². The molecule has 4 heterocycles. The molecule has 0 aromatic carbocycles. The third-order valence-corrected chi connectivity index (χ3v) is 14.2. The van der Waals surface area contributed by atoms with Crippen molar-refractivity contribution in [2.24, 2.45) is 34.5 Å². The molecule has 8 fully saturated rings. The van der Waals surface area contributed by atoms with Crippen molar-refractivity contribution in [2.45, 2.75) is 158 Å². The smallest absolute Gasteiger partial charge is 0.306 e. The Morgan fingerprint density at radius 3 is 2.36 bits per heavy atom. The first-order valence-corrected chi connectivity index (χ1v) is 17.9. The maximum atomic E-state index is 12.9. The molecular formula is C35H54O12. The number of hydrogen-bond acceptors (Lipinski definition) is 12. The van der Waals surface area contributed by atoms with Crippen LogP contribution in [0.3, 0.4) is 0 Å². The Morgan fingerprint density at radius 1 is 0.915 bits per heavy atom. The fraction of sp³-hybridized carbons (Fsp3) is 0.971. The lowest BCUT2D eigenvalue weighted by Crippen LogP contribution is -2.76. The van der Waals surface area contributed by atoms with Crippen LogP contribution >= 0.6 is 0 Å². The maximum Gasteiger partial charge on any atom is 0.306 e. The summed E-state index contributed by atoms with van der Waals surface area (Å²) in [5.74, 6) is -2.27. The summed E-state index contributed by atoms with van der Waals surface area (Å²) in [6.07, 6.45) is 0.488. The van der Waals surface area contributed by atoms with E-state index < -0.39 is 76.5 Å². The molecule has 12 nitrogen and oxygen atoms in total. The number of fused-ring (bicyclic) bond motifs is 4. The van der Waals surface area contributed by atoms with Crippen molar-refractivity contribution >= 4 is 5.97 Å². The van der Waals surface area contributed by atoms with Crippen LogP contribution in [0.5, 0.6) is 0 Å². The minimum absolute atomic E-state index is 0.00655. The monoisotopic (exact) mass is 666 g/mol. The number of hydrogen-bond donors (Lipinski definition) is 4. The SMILES string of the molecule is C[C@H]1O[C@H](O[C@H]2C[C@H]3OC(C)(C)OC[C@]34[C@H]3CC[C@]5(CO)[C@H]([C@@H]6COC(=O)C6)CC[C@]5(O)[C@@H]3CC[C@]4(O)C2)[C@H]2OC(C)(C)O[C@H]2[C@@H]1O. The summed E-state index contributed by atoms with van der Waals surface area (Å²) in [5, 5.41) is 47.6. The minimum Gasteiger partial charge on any atom is -0.465 e. The van der Waals surface area contributed by atoms with Crippen molar-refractivity contribution in [3.63, 3.8) is 0 Å². The summed E-state index contributed by atoms with van der Waals surface area (Å²) in [6.45, 7) is 9.70. The van der Waals surface area contributed by atoms with Gasteiger partial charge in [0.2, 0.25) is 0 Å². The first-order chi connectivity index (χ1) is 22.1. The molecule has 0 unspecified atom stereocenters. The Labute approximate surface area is 276 Å². The topological polar surface area (TPSA) is 163 Å². The van der Waals surface area contributed by atoms with Crippen molar-refractivity contribution < 1.29 is 58.4 Å². The molecule has 4 aliphatic carbocycles. The van der Waals surface area contributed by atoms with Crippen LogP contribution in [0.4, 0.5) is 0 Å². The second kappa shape index (κ2) is 10.8. The van der Waals surface area contributed by atoms with Gasteiger partial charge in [-0.3, -0.25) is 4.79 Å². The van der Waals surface area contributed by atoms with Crippen LogP contribution in [-0.4, -0.2) is 112 Å². The lowest BCUT2D eigenvalue weighted by Gasteiger charge is -2.70. The highest BCUT2D eigenvalue weighted by Crippen LogP contribution is 2.72. The third kappa shape index (κ3) is 4.65. The van der Waals surface area contributed by atoms with Crippen LogP contribution < -0.4 is 0 Å². The quantitative estimate of drug-likeness (QED) is 0.256. The normalized spacial score (nSPS) is 56.1. The molecule has 8 aliphatic rings. The predicted octanol–water partition coefficient (Wildman–Crippen LogP) is 2.16. The number of ether oxygens (including phenoxy) is 7. The third-order valence-electron chi connectivity index (χ3n) is 14.2. The van der Waals surface area contributed by atoms with Gasteiger partial charge >= 0.3 is 5.97 Å². The zero-order valence-electron chi connectivity index (χ0n) is 28.4. The molecule has 0 amide bonds. The van der Waals surface area contributed by atoms with Crippen molar-refractivity contribution in [1.82, 2.24) is 0 Å². The fourth-order valence-electron chi connectivity index (χ4n) is 12.2. The Balaban J connectivity index is 1.10. The Morgan fingerprint density at radius 2 is 1.64 bits per heavy atom. The van der Waals surface area contributed by atoms with Gasteiger partial charge in [-0.2, -0.15) is 0 Å². The molecule has 4 saturated heterocycles. The highest BCUT2D eigenvalue weighted by Gasteiger charge is 2.76. The summed E-state index contributed by atoms with van der Waals surface area (Å²) in [7, 11) is 0. The van der Waals surface area contributed by atoms with Crippen LogP contribution in [0.2, 0.25) is 0 Å².